The summed E-state index contributed by atoms with van der Waals surface area (Å²) < 4.78 is 54.2. The van der Waals surface area contributed by atoms with Gasteiger partial charge in [-0.2, -0.15) is 0 Å². The Morgan fingerprint density at radius 2 is 0.930 bits per heavy atom. The number of rotatable bonds is 29. The van der Waals surface area contributed by atoms with E-state index in [-0.39, 0.29) is 0 Å². The van der Waals surface area contributed by atoms with E-state index in [2.05, 4.69) is 5.32 Å². The lowest BCUT2D eigenvalue weighted by Gasteiger charge is -2.19. The third-order valence-corrected chi connectivity index (χ3v) is 5.03. The first-order valence-corrected chi connectivity index (χ1v) is 14.7. The van der Waals surface area contributed by atoms with Crippen LogP contribution in [0.3, 0.4) is 0 Å². The highest BCUT2D eigenvalue weighted by molar-refractivity contribution is 5.74. The summed E-state index contributed by atoms with van der Waals surface area (Å²) in [7, 11) is 0. The number of benzene rings is 1. The predicted molar refractivity (Wildman–Crippen MR) is 158 cm³/mol. The summed E-state index contributed by atoms with van der Waals surface area (Å²) in [6.45, 7) is 13.8. The van der Waals surface area contributed by atoms with Gasteiger partial charge in [0.05, 0.1) is 106 Å². The largest absolute Gasteiger partial charge is 0.491 e. The van der Waals surface area contributed by atoms with Gasteiger partial charge >= 0.3 is 6.09 Å². The molecule has 0 saturated heterocycles. The zero-order valence-electron chi connectivity index (χ0n) is 26.0. The van der Waals surface area contributed by atoms with Crippen molar-refractivity contribution in [3.8, 4) is 5.75 Å². The molecule has 0 bridgehead atoms. The van der Waals surface area contributed by atoms with Gasteiger partial charge in [-0.3, -0.25) is 4.79 Å². The maximum atomic E-state index is 11.5. The molecule has 1 amide bonds. The molecule has 1 rings (SSSR count). The highest BCUT2D eigenvalue weighted by Crippen LogP contribution is 2.10. The van der Waals surface area contributed by atoms with E-state index in [0.717, 1.165) is 6.29 Å². The number of carbonyl (C=O) groups excluding carboxylic acids is 2. The summed E-state index contributed by atoms with van der Waals surface area (Å²) in [6, 6.07) is 6.92. The van der Waals surface area contributed by atoms with E-state index in [1.165, 1.54) is 0 Å². The van der Waals surface area contributed by atoms with E-state index in [4.69, 9.17) is 47.4 Å². The zero-order chi connectivity index (χ0) is 31.3. The van der Waals surface area contributed by atoms with E-state index in [1.807, 2.05) is 20.8 Å². The molecular weight excluding hydrogens is 566 g/mol. The lowest BCUT2D eigenvalue weighted by atomic mass is 10.2. The Balaban J connectivity index is 1.68. The molecule has 0 spiro atoms. The fourth-order valence-electron chi connectivity index (χ4n) is 3.04. The van der Waals surface area contributed by atoms with Crippen LogP contribution in [0.5, 0.6) is 5.75 Å². The summed E-state index contributed by atoms with van der Waals surface area (Å²) in [5.41, 5.74) is 0.103. The summed E-state index contributed by atoms with van der Waals surface area (Å²) in [5, 5.41) is 2.62. The van der Waals surface area contributed by atoms with Crippen LogP contribution in [0, 0.1) is 0 Å². The van der Waals surface area contributed by atoms with Gasteiger partial charge in [-0.25, -0.2) is 4.79 Å². The standard InChI is InChI=1S/C30H51NO12/c1-30(2,3)43-29(33)31-8-9-34-10-11-35-12-13-36-14-15-37-16-17-38-18-19-39-20-21-40-22-23-41-24-25-42-28-6-4-27(26-32)5-7-28/h4-7,26H,8-25H2,1-3H3,(H,31,33). The lowest BCUT2D eigenvalue weighted by molar-refractivity contribution is -0.0235. The van der Waals surface area contributed by atoms with Crippen molar-refractivity contribution in [1.29, 1.82) is 0 Å². The van der Waals surface area contributed by atoms with Crippen LogP contribution in [0.15, 0.2) is 24.3 Å². The second kappa shape index (κ2) is 27.2. The summed E-state index contributed by atoms with van der Waals surface area (Å²) in [6.07, 6.45) is 0.341. The third kappa shape index (κ3) is 27.0. The van der Waals surface area contributed by atoms with Gasteiger partial charge in [0.1, 0.15) is 24.2 Å². The summed E-state index contributed by atoms with van der Waals surface area (Å²) in [4.78, 5) is 22.1. The molecule has 0 saturated carbocycles. The van der Waals surface area contributed by atoms with Crippen molar-refractivity contribution in [2.45, 2.75) is 26.4 Å². The molecule has 0 unspecified atom stereocenters. The van der Waals surface area contributed by atoms with E-state index in [0.29, 0.717) is 130 Å². The Hall–Kier alpha value is -2.36. The fraction of sp³-hybridized carbons (Fsp3) is 0.733. The zero-order valence-corrected chi connectivity index (χ0v) is 26.0. The van der Waals surface area contributed by atoms with Crippen LogP contribution in [0.1, 0.15) is 31.1 Å². The normalized spacial score (nSPS) is 11.4. The molecule has 0 aliphatic carbocycles. The molecule has 0 atom stereocenters. The first-order valence-electron chi connectivity index (χ1n) is 14.7. The molecule has 0 aliphatic rings. The Bertz CT molecular complexity index is 788. The maximum absolute atomic E-state index is 11.5. The van der Waals surface area contributed by atoms with Gasteiger partial charge in [0.2, 0.25) is 0 Å². The van der Waals surface area contributed by atoms with Crippen molar-refractivity contribution in [2.24, 2.45) is 0 Å². The Morgan fingerprint density at radius 1 is 0.581 bits per heavy atom. The minimum absolute atomic E-state index is 0.381. The Kier molecular flexibility index (Phi) is 24.5. The molecular formula is C30H51NO12. The van der Waals surface area contributed by atoms with Gasteiger partial charge in [0, 0.05) is 12.1 Å². The van der Waals surface area contributed by atoms with Crippen molar-refractivity contribution >= 4 is 12.4 Å². The molecule has 0 heterocycles. The highest BCUT2D eigenvalue weighted by atomic mass is 16.6. The number of ether oxygens (including phenoxy) is 10. The molecule has 13 nitrogen and oxygen atoms in total. The topological polar surface area (TPSA) is 138 Å². The van der Waals surface area contributed by atoms with Crippen molar-refractivity contribution < 1.29 is 57.0 Å². The minimum atomic E-state index is -0.512. The fourth-order valence-corrected chi connectivity index (χ4v) is 3.04. The maximum Gasteiger partial charge on any atom is 0.407 e. The number of amides is 1. The minimum Gasteiger partial charge on any atom is -0.491 e. The predicted octanol–water partition coefficient (Wildman–Crippen LogP) is 2.54. The molecule has 1 aromatic carbocycles. The van der Waals surface area contributed by atoms with Crippen LogP contribution in [-0.4, -0.2) is 137 Å². The number of hydrogen-bond donors (Lipinski definition) is 1. The molecule has 248 valence electrons. The van der Waals surface area contributed by atoms with Gasteiger partial charge in [0.25, 0.3) is 0 Å². The first-order chi connectivity index (χ1) is 20.9. The smallest absolute Gasteiger partial charge is 0.407 e. The van der Waals surface area contributed by atoms with Crippen LogP contribution in [0.2, 0.25) is 0 Å². The number of carbonyl (C=O) groups is 2. The van der Waals surface area contributed by atoms with Crippen molar-refractivity contribution in [2.75, 3.05) is 119 Å². The average Bonchev–Trinajstić information content (AvgIpc) is 2.98. The van der Waals surface area contributed by atoms with Gasteiger partial charge in [-0.1, -0.05) is 0 Å². The molecule has 1 aromatic rings. The van der Waals surface area contributed by atoms with E-state index >= 15 is 0 Å². The van der Waals surface area contributed by atoms with E-state index < -0.39 is 11.7 Å². The molecule has 0 fully saturated rings. The summed E-state index contributed by atoms with van der Waals surface area (Å²) >= 11 is 0. The monoisotopic (exact) mass is 617 g/mol. The van der Waals surface area contributed by atoms with Gasteiger partial charge in [-0.15, -0.1) is 0 Å². The molecule has 0 aromatic heterocycles. The number of nitrogens with one attached hydrogen (secondary N) is 1. The van der Waals surface area contributed by atoms with Crippen molar-refractivity contribution in [3.05, 3.63) is 29.8 Å². The SMILES string of the molecule is CC(C)(C)OC(=O)NCCOCCOCCOCCOCCOCCOCCOCCOCCOc1ccc(C=O)cc1. The van der Waals surface area contributed by atoms with Crippen LogP contribution in [0.25, 0.3) is 0 Å². The number of aldehydes is 1. The second-order valence-corrected chi connectivity index (χ2v) is 9.86. The molecule has 0 aliphatic heterocycles. The average molecular weight is 618 g/mol. The van der Waals surface area contributed by atoms with Crippen molar-refractivity contribution in [1.82, 2.24) is 5.32 Å². The van der Waals surface area contributed by atoms with Crippen LogP contribution >= 0.6 is 0 Å². The third-order valence-electron chi connectivity index (χ3n) is 5.03. The highest BCUT2D eigenvalue weighted by Gasteiger charge is 2.15. The van der Waals surface area contributed by atoms with Crippen LogP contribution < -0.4 is 10.1 Å². The van der Waals surface area contributed by atoms with E-state index in [9.17, 15) is 9.59 Å². The van der Waals surface area contributed by atoms with Crippen molar-refractivity contribution in [3.63, 3.8) is 0 Å². The summed E-state index contributed by atoms with van der Waals surface area (Å²) in [5.74, 6) is 0.700. The van der Waals surface area contributed by atoms with Crippen LogP contribution in [0.4, 0.5) is 4.79 Å². The molecule has 0 radical (unpaired) electrons. The quantitative estimate of drug-likeness (QED) is 0.104. The molecule has 43 heavy (non-hydrogen) atoms. The Morgan fingerprint density at radius 3 is 1.28 bits per heavy atom. The van der Waals surface area contributed by atoms with Gasteiger partial charge in [0.15, 0.2) is 0 Å². The van der Waals surface area contributed by atoms with Gasteiger partial charge < -0.3 is 52.7 Å². The number of alkyl carbamates (subject to hydrolysis) is 1. The molecule has 13 heteroatoms. The van der Waals surface area contributed by atoms with Gasteiger partial charge in [-0.05, 0) is 45.0 Å². The molecule has 1 N–H and O–H groups in total. The number of hydrogen-bond acceptors (Lipinski definition) is 12. The first kappa shape index (κ1) is 38.7. The Labute approximate surface area is 255 Å². The second-order valence-electron chi connectivity index (χ2n) is 9.86. The van der Waals surface area contributed by atoms with E-state index in [1.54, 1.807) is 24.3 Å². The van der Waals surface area contributed by atoms with Crippen LogP contribution in [-0.2, 0) is 42.6 Å². The lowest BCUT2D eigenvalue weighted by Crippen LogP contribution is -2.34.